The van der Waals surface area contributed by atoms with Gasteiger partial charge in [0.2, 0.25) is 17.1 Å². The third-order valence-electron chi connectivity index (χ3n) is 8.09. The highest BCUT2D eigenvalue weighted by Crippen LogP contribution is 2.61. The smallest absolute Gasteiger partial charge is 0.249 e. The minimum Gasteiger partial charge on any atom is -0.249 e. The Kier molecular flexibility index (Phi) is 8.82. The summed E-state index contributed by atoms with van der Waals surface area (Å²) in [5.41, 5.74) is -21.3. The molecule has 16 heteroatoms. The van der Waals surface area contributed by atoms with Gasteiger partial charge in [0, 0.05) is 11.1 Å². The van der Waals surface area contributed by atoms with E-state index in [1.54, 1.807) is 18.2 Å². The van der Waals surface area contributed by atoms with Gasteiger partial charge in [-0.05, 0) is 51.6 Å². The number of benzene rings is 3. The Labute approximate surface area is 300 Å². The van der Waals surface area contributed by atoms with E-state index >= 15 is 26.3 Å². The molecule has 3 aromatic carbocycles. The molecule has 2 aliphatic rings. The van der Waals surface area contributed by atoms with E-state index in [-0.39, 0.29) is 22.5 Å². The van der Waals surface area contributed by atoms with Crippen molar-refractivity contribution in [3.05, 3.63) is 160 Å². The Balaban J connectivity index is 2.24. The summed E-state index contributed by atoms with van der Waals surface area (Å²) in [5.74, 6) is 0. The van der Waals surface area contributed by atoms with Crippen LogP contribution in [-0.4, -0.2) is 0 Å². The van der Waals surface area contributed by atoms with Crippen molar-refractivity contribution in [3.63, 3.8) is 0 Å². The summed E-state index contributed by atoms with van der Waals surface area (Å²) < 4.78 is 93.8. The number of nitrogens with zero attached hydrogens (tertiary/aromatic N) is 10. The van der Waals surface area contributed by atoms with Crippen LogP contribution in [0.3, 0.4) is 0 Å². The van der Waals surface area contributed by atoms with Crippen LogP contribution in [0.25, 0.3) is 57.9 Å². The summed E-state index contributed by atoms with van der Waals surface area (Å²) in [5, 5.41) is 49.9. The molecular weight excluding hydrogens is 710 g/mol. The molecule has 0 saturated heterocycles. The number of allylic oxidation sites excluding steroid dienone is 5. The van der Waals surface area contributed by atoms with Crippen LogP contribution in [0.4, 0.5) is 37.7 Å². The highest BCUT2D eigenvalue weighted by molar-refractivity contribution is 6.21. The molecule has 0 aliphatic heterocycles. The van der Waals surface area contributed by atoms with Crippen LogP contribution >= 0.6 is 0 Å². The second-order valence-electron chi connectivity index (χ2n) is 10.8. The molecule has 0 atom stereocenters. The van der Waals surface area contributed by atoms with Gasteiger partial charge in [0.15, 0.2) is 11.4 Å². The van der Waals surface area contributed by atoms with Crippen molar-refractivity contribution in [2.75, 3.05) is 0 Å². The maximum atomic E-state index is 15.8. The summed E-state index contributed by atoms with van der Waals surface area (Å²) >= 11 is 0. The van der Waals surface area contributed by atoms with Gasteiger partial charge in [-0.15, -0.1) is 0 Å². The average molecular weight is 717 g/mol. The molecule has 0 amide bonds. The highest BCUT2D eigenvalue weighted by atomic mass is 19.4. The number of rotatable bonds is 2. The second-order valence-corrected chi connectivity index (χ2v) is 10.8. The fourth-order valence-electron chi connectivity index (χ4n) is 6.25. The summed E-state index contributed by atoms with van der Waals surface area (Å²) in [6, 6.07) is 13.5. The number of alkyl halides is 6. The number of fused-ring (bicyclic) bond motifs is 2. The van der Waals surface area contributed by atoms with Crippen LogP contribution in [0.5, 0.6) is 0 Å². The largest absolute Gasteiger partial charge is 0.417 e. The summed E-state index contributed by atoms with van der Waals surface area (Å²) in [6.07, 6.45) is -11.5. The fraction of sp³-hybridized carbons (Fsp3) is 0.0526. The Bertz CT molecular complexity index is 2650. The molecule has 250 valence electrons. The minimum atomic E-state index is -5.79. The first-order chi connectivity index (χ1) is 25.6. The molecule has 5 rings (SSSR count). The van der Waals surface area contributed by atoms with Crippen LogP contribution < -0.4 is 0 Å². The third kappa shape index (κ3) is 5.39. The molecule has 0 unspecified atom stereocenters. The van der Waals surface area contributed by atoms with Gasteiger partial charge in [0.05, 0.1) is 96.1 Å². The van der Waals surface area contributed by atoms with E-state index in [0.717, 1.165) is 36.4 Å². The summed E-state index contributed by atoms with van der Waals surface area (Å²) in [7, 11) is 0. The summed E-state index contributed by atoms with van der Waals surface area (Å²) in [4.78, 5) is 15.6. The fourth-order valence-corrected chi connectivity index (χ4v) is 6.25. The van der Waals surface area contributed by atoms with Gasteiger partial charge in [-0.1, -0.05) is 18.2 Å². The molecule has 0 aromatic heterocycles. The van der Waals surface area contributed by atoms with Crippen LogP contribution in [-0.2, 0) is 12.4 Å². The van der Waals surface area contributed by atoms with Crippen LogP contribution in [0.15, 0.2) is 47.7 Å². The van der Waals surface area contributed by atoms with E-state index in [4.69, 9.17) is 32.9 Å². The zero-order chi connectivity index (χ0) is 39.9. The predicted octanol–water partition coefficient (Wildman–Crippen LogP) is 10.1. The third-order valence-corrected chi connectivity index (χ3v) is 8.09. The Morgan fingerprint density at radius 2 is 1.02 bits per heavy atom. The molecule has 0 N–H and O–H groups in total. The van der Waals surface area contributed by atoms with Gasteiger partial charge >= 0.3 is 12.4 Å². The Hall–Kier alpha value is -8.90. The molecule has 3 aromatic rings. The van der Waals surface area contributed by atoms with Crippen molar-refractivity contribution in [1.29, 1.82) is 26.3 Å². The molecule has 0 saturated carbocycles. The second kappa shape index (κ2) is 13.1. The van der Waals surface area contributed by atoms with E-state index in [9.17, 15) is 26.3 Å². The lowest BCUT2D eigenvalue weighted by molar-refractivity contribution is -0.141. The van der Waals surface area contributed by atoms with Gasteiger partial charge in [-0.2, -0.15) is 52.7 Å². The van der Waals surface area contributed by atoms with Crippen molar-refractivity contribution in [3.8, 4) is 30.3 Å². The van der Waals surface area contributed by atoms with Gasteiger partial charge < -0.3 is 0 Å². The topological polar surface area (TPSA) is 141 Å². The van der Waals surface area contributed by atoms with Gasteiger partial charge in [-0.25, -0.2) is 24.2 Å². The van der Waals surface area contributed by atoms with Gasteiger partial charge in [0.25, 0.3) is 0 Å². The molecule has 54 heavy (non-hydrogen) atoms. The molecule has 0 spiro atoms. The van der Waals surface area contributed by atoms with Gasteiger partial charge in [0.1, 0.15) is 6.07 Å². The van der Waals surface area contributed by atoms with Crippen molar-refractivity contribution >= 4 is 45.1 Å². The normalized spacial score (nSPS) is 14.6. The zero-order valence-corrected chi connectivity index (χ0v) is 26.2. The number of hydrogen-bond donors (Lipinski definition) is 0. The van der Waals surface area contributed by atoms with Gasteiger partial charge in [-0.3, -0.25) is 0 Å². The van der Waals surface area contributed by atoms with Crippen LogP contribution in [0.2, 0.25) is 0 Å². The number of nitriles is 5. The number of halogens is 6. The quantitative estimate of drug-likeness (QED) is 0.147. The van der Waals surface area contributed by atoms with E-state index in [2.05, 4.69) is 24.2 Å². The molecule has 10 nitrogen and oxygen atoms in total. The maximum Gasteiger partial charge on any atom is 0.417 e. The standard InChI is InChI=1S/C38H6F6N10/c1-50-21-9-19(10-22(11-21)51-2)23(14-47)27-30-31(36(54-5)35(27)53-4)32(37(39,40)41)26-24(15-48)25(16-49)28(29(26)33(30)38(42,43)44)34(52-3)20-7-17(12-45)6-18(8-20)13-46/h6-11H/b27-23-,34-28-. The lowest BCUT2D eigenvalue weighted by Gasteiger charge is -2.26. The Morgan fingerprint density at radius 1 is 0.519 bits per heavy atom. The molecule has 2 aliphatic carbocycles. The van der Waals surface area contributed by atoms with E-state index in [1.165, 1.54) is 12.1 Å². The average Bonchev–Trinajstić information content (AvgIpc) is 3.64. The molecule has 0 heterocycles. The first-order valence-electron chi connectivity index (χ1n) is 14.2. The van der Waals surface area contributed by atoms with Crippen molar-refractivity contribution in [2.24, 2.45) is 0 Å². The monoisotopic (exact) mass is 716 g/mol. The first kappa shape index (κ1) is 36.4. The highest BCUT2D eigenvalue weighted by Gasteiger charge is 2.53. The molecule has 0 fully saturated rings. The molecule has 0 radical (unpaired) electrons. The van der Waals surface area contributed by atoms with Crippen LogP contribution in [0, 0.1) is 89.5 Å². The van der Waals surface area contributed by atoms with Crippen molar-refractivity contribution in [2.45, 2.75) is 12.4 Å². The lowest BCUT2D eigenvalue weighted by atomic mass is 9.81. The first-order valence-corrected chi connectivity index (χ1v) is 14.2. The van der Waals surface area contributed by atoms with Crippen molar-refractivity contribution < 1.29 is 26.3 Å². The summed E-state index contributed by atoms with van der Waals surface area (Å²) in [6.45, 7) is 38.3. The lowest BCUT2D eigenvalue weighted by Crippen LogP contribution is -2.20. The van der Waals surface area contributed by atoms with E-state index in [1.807, 2.05) is 0 Å². The minimum absolute atomic E-state index is 0.301. The zero-order valence-electron chi connectivity index (χ0n) is 26.2. The molecular formula is C38H6F6N10. The van der Waals surface area contributed by atoms with Crippen LogP contribution in [0.1, 0.15) is 55.6 Å². The van der Waals surface area contributed by atoms with E-state index < -0.39 is 102 Å². The maximum absolute atomic E-state index is 15.8. The van der Waals surface area contributed by atoms with E-state index in [0.29, 0.717) is 0 Å². The van der Waals surface area contributed by atoms with Crippen molar-refractivity contribution in [1.82, 2.24) is 0 Å². The Morgan fingerprint density at radius 3 is 1.43 bits per heavy atom. The predicted molar refractivity (Wildman–Crippen MR) is 175 cm³/mol. The molecule has 0 bridgehead atoms. The number of hydrogen-bond acceptors (Lipinski definition) is 5. The SMILES string of the molecule is [C-]#[N+]C1=C([N+]#[C-])c2c(c(C(F)(F)F)c3c(c2C(F)(F)F)C(C#N)=C(C#N)/C3=C(/[N+]#[C-])c2cc(C#N)cc(C#N)c2)/C1=C(\C#N)c1cc([N+]#[C-])cc([N+]#[C-])c1.